The average Bonchev–Trinajstić information content (AvgIpc) is 3.27. The maximum atomic E-state index is 10.7. The minimum atomic E-state index is -0.440. The Morgan fingerprint density at radius 3 is 2.64 bits per heavy atom. The van der Waals surface area contributed by atoms with Crippen LogP contribution in [0.25, 0.3) is 22.4 Å². The molecule has 1 N–H and O–H groups in total. The van der Waals surface area contributed by atoms with Crippen LogP contribution in [-0.4, -0.2) is 20.1 Å². The number of fused-ring (bicyclic) bond motifs is 1. The van der Waals surface area contributed by atoms with Gasteiger partial charge in [0.1, 0.15) is 0 Å². The molecule has 0 radical (unpaired) electrons. The summed E-state index contributed by atoms with van der Waals surface area (Å²) in [5.74, 6) is 0.905. The van der Waals surface area contributed by atoms with Crippen molar-refractivity contribution in [2.24, 2.45) is 0 Å². The number of nitrogens with zero attached hydrogens (tertiary/aromatic N) is 3. The molecule has 0 amide bonds. The maximum Gasteiger partial charge on any atom is 0.269 e. The largest absolute Gasteiger partial charge is 0.421 e. The van der Waals surface area contributed by atoms with Crippen molar-refractivity contribution < 1.29 is 9.34 Å². The number of rotatable bonds is 5. The van der Waals surface area contributed by atoms with Crippen LogP contribution in [0.2, 0.25) is 0 Å². The van der Waals surface area contributed by atoms with Gasteiger partial charge in [-0.2, -0.15) is 0 Å². The summed E-state index contributed by atoms with van der Waals surface area (Å²) in [6, 6.07) is 14.2. The molecule has 2 aromatic carbocycles. The van der Waals surface area contributed by atoms with Gasteiger partial charge in [0.05, 0.1) is 4.92 Å². The predicted molar refractivity (Wildman–Crippen MR) is 92.1 cm³/mol. The van der Waals surface area contributed by atoms with Crippen LogP contribution in [0.3, 0.4) is 0 Å². The molecule has 124 valence electrons. The second-order valence-electron chi connectivity index (χ2n) is 5.66. The van der Waals surface area contributed by atoms with Crippen LogP contribution in [0.4, 0.5) is 5.69 Å². The molecule has 4 aromatic rings. The lowest BCUT2D eigenvalue weighted by molar-refractivity contribution is -0.384. The summed E-state index contributed by atoms with van der Waals surface area (Å²) in [7, 11) is 0. The fourth-order valence-electron chi connectivity index (χ4n) is 2.78. The maximum absolute atomic E-state index is 10.7. The van der Waals surface area contributed by atoms with E-state index in [4.69, 9.17) is 4.42 Å². The summed E-state index contributed by atoms with van der Waals surface area (Å²) in [6.07, 6.45) is 3.41. The van der Waals surface area contributed by atoms with Crippen LogP contribution >= 0.6 is 0 Å². The molecule has 2 heterocycles. The second-order valence-corrected chi connectivity index (χ2v) is 5.66. The Hall–Kier alpha value is -3.48. The molecule has 0 aliphatic rings. The highest BCUT2D eigenvalue weighted by molar-refractivity contribution is 5.83. The van der Waals surface area contributed by atoms with Gasteiger partial charge in [-0.05, 0) is 30.2 Å². The highest BCUT2D eigenvalue weighted by Gasteiger charge is 2.12. The lowest BCUT2D eigenvalue weighted by atomic mass is 10.1. The number of H-pyrrole nitrogens is 1. The van der Waals surface area contributed by atoms with E-state index in [1.165, 1.54) is 23.1 Å². The molecule has 0 fully saturated rings. The van der Waals surface area contributed by atoms with E-state index in [2.05, 4.69) is 21.2 Å². The van der Waals surface area contributed by atoms with Gasteiger partial charge in [-0.1, -0.05) is 18.2 Å². The number of benzene rings is 2. The van der Waals surface area contributed by atoms with E-state index >= 15 is 0 Å². The molecule has 0 saturated carbocycles. The fraction of sp³-hybridized carbons (Fsp3) is 0.111. The monoisotopic (exact) mass is 334 g/mol. The third kappa shape index (κ3) is 2.99. The number of nitrogens with one attached hydrogen (secondary N) is 1. The number of aryl methyl sites for hydroxylation is 2. The van der Waals surface area contributed by atoms with Crippen LogP contribution in [0, 0.1) is 10.1 Å². The minimum Gasteiger partial charge on any atom is -0.421 e. The van der Waals surface area contributed by atoms with Crippen LogP contribution in [0.5, 0.6) is 0 Å². The van der Waals surface area contributed by atoms with Crippen molar-refractivity contribution in [2.45, 2.75) is 12.8 Å². The predicted octanol–water partition coefficient (Wildman–Crippen LogP) is 3.91. The zero-order valence-corrected chi connectivity index (χ0v) is 13.2. The average molecular weight is 334 g/mol. The van der Waals surface area contributed by atoms with E-state index in [1.807, 2.05) is 24.4 Å². The van der Waals surface area contributed by atoms with Crippen molar-refractivity contribution in [2.75, 3.05) is 0 Å². The van der Waals surface area contributed by atoms with Crippen LogP contribution < -0.4 is 0 Å². The molecule has 25 heavy (non-hydrogen) atoms. The van der Waals surface area contributed by atoms with Gasteiger partial charge in [0.15, 0.2) is 0 Å². The van der Waals surface area contributed by atoms with E-state index in [9.17, 15) is 10.1 Å². The number of aromatic nitrogens is 3. The Balaban J connectivity index is 1.49. The van der Waals surface area contributed by atoms with Crippen LogP contribution in [-0.2, 0) is 12.8 Å². The van der Waals surface area contributed by atoms with Gasteiger partial charge in [-0.25, -0.2) is 0 Å². The molecule has 7 heteroatoms. The third-order valence-electron chi connectivity index (χ3n) is 4.08. The lowest BCUT2D eigenvalue weighted by Crippen LogP contribution is -1.90. The summed E-state index contributed by atoms with van der Waals surface area (Å²) in [4.78, 5) is 13.5. The first-order valence-electron chi connectivity index (χ1n) is 7.83. The lowest BCUT2D eigenvalue weighted by Gasteiger charge is -1.97. The molecule has 0 aliphatic heterocycles. The van der Waals surface area contributed by atoms with Crippen molar-refractivity contribution in [3.63, 3.8) is 0 Å². The van der Waals surface area contributed by atoms with Gasteiger partial charge in [-0.3, -0.25) is 10.1 Å². The molecule has 0 unspecified atom stereocenters. The molecular weight excluding hydrogens is 320 g/mol. The van der Waals surface area contributed by atoms with Crippen molar-refractivity contribution in [3.05, 3.63) is 76.3 Å². The van der Waals surface area contributed by atoms with Gasteiger partial charge in [0.2, 0.25) is 11.8 Å². The van der Waals surface area contributed by atoms with Gasteiger partial charge < -0.3 is 9.40 Å². The molecule has 0 spiro atoms. The van der Waals surface area contributed by atoms with Crippen molar-refractivity contribution >= 4 is 16.6 Å². The highest BCUT2D eigenvalue weighted by atomic mass is 16.6. The summed E-state index contributed by atoms with van der Waals surface area (Å²) >= 11 is 0. The van der Waals surface area contributed by atoms with Crippen LogP contribution in [0.15, 0.2) is 59.1 Å². The first kappa shape index (κ1) is 15.1. The van der Waals surface area contributed by atoms with Gasteiger partial charge in [0.25, 0.3) is 5.69 Å². The van der Waals surface area contributed by atoms with E-state index in [0.29, 0.717) is 23.8 Å². The number of nitro benzene ring substituents is 1. The zero-order valence-electron chi connectivity index (χ0n) is 13.2. The Kier molecular flexibility index (Phi) is 3.74. The molecule has 0 atom stereocenters. The Morgan fingerprint density at radius 1 is 1.04 bits per heavy atom. The van der Waals surface area contributed by atoms with E-state index < -0.39 is 4.92 Å². The van der Waals surface area contributed by atoms with Crippen molar-refractivity contribution in [1.29, 1.82) is 0 Å². The van der Waals surface area contributed by atoms with Crippen LogP contribution in [0.1, 0.15) is 11.5 Å². The molecule has 7 nitrogen and oxygen atoms in total. The Labute approximate surface area is 142 Å². The fourth-order valence-corrected chi connectivity index (χ4v) is 2.78. The number of non-ortho nitro benzene ring substituents is 1. The van der Waals surface area contributed by atoms with E-state index in [1.54, 1.807) is 12.1 Å². The Bertz CT molecular complexity index is 1030. The number of hydrogen-bond acceptors (Lipinski definition) is 5. The van der Waals surface area contributed by atoms with E-state index in [-0.39, 0.29) is 5.69 Å². The smallest absolute Gasteiger partial charge is 0.269 e. The molecule has 2 aromatic heterocycles. The van der Waals surface area contributed by atoms with Gasteiger partial charge >= 0.3 is 0 Å². The topological polar surface area (TPSA) is 97.9 Å². The normalized spacial score (nSPS) is 11.0. The number of nitro groups is 1. The first-order valence-corrected chi connectivity index (χ1v) is 7.83. The van der Waals surface area contributed by atoms with Crippen molar-refractivity contribution in [3.8, 4) is 11.5 Å². The van der Waals surface area contributed by atoms with E-state index in [0.717, 1.165) is 11.9 Å². The number of para-hydroxylation sites is 1. The first-order chi connectivity index (χ1) is 12.2. The molecular formula is C18H14N4O3. The van der Waals surface area contributed by atoms with Gasteiger partial charge in [0, 0.05) is 41.2 Å². The number of aromatic amines is 1. The third-order valence-corrected chi connectivity index (χ3v) is 4.08. The second kappa shape index (κ2) is 6.20. The molecule has 0 bridgehead atoms. The molecule has 0 saturated heterocycles. The minimum absolute atomic E-state index is 0.0304. The van der Waals surface area contributed by atoms with Crippen molar-refractivity contribution in [1.82, 2.24) is 15.2 Å². The summed E-state index contributed by atoms with van der Waals surface area (Å²) in [5, 5.41) is 20.0. The quantitative estimate of drug-likeness (QED) is 0.441. The highest BCUT2D eigenvalue weighted by Crippen LogP contribution is 2.23. The summed E-state index contributed by atoms with van der Waals surface area (Å²) < 4.78 is 5.68. The molecule has 4 rings (SSSR count). The zero-order chi connectivity index (χ0) is 17.2. The summed E-state index contributed by atoms with van der Waals surface area (Å²) in [6.45, 7) is 0. The standard InChI is InChI=1S/C18H14N4O3/c23-22(24)14-8-5-12(6-9-14)18-21-20-17(25-18)10-7-13-11-19-16-4-2-1-3-15(13)16/h1-6,8-9,11,19H,7,10H2. The number of hydrogen-bond donors (Lipinski definition) is 1. The molecule has 0 aliphatic carbocycles. The van der Waals surface area contributed by atoms with Gasteiger partial charge in [-0.15, -0.1) is 10.2 Å². The SMILES string of the molecule is O=[N+]([O-])c1ccc(-c2nnc(CCc3c[nH]c4ccccc34)o2)cc1. The summed E-state index contributed by atoms with van der Waals surface area (Å²) in [5.41, 5.74) is 3.00. The Morgan fingerprint density at radius 2 is 1.84 bits per heavy atom.